The van der Waals surface area contributed by atoms with E-state index in [4.69, 9.17) is 16.3 Å². The van der Waals surface area contributed by atoms with E-state index in [1.54, 1.807) is 0 Å². The lowest BCUT2D eigenvalue weighted by Crippen LogP contribution is -2.14. The molecule has 56 valence electrons. The minimum atomic E-state index is -2.52. The third-order valence-corrected chi connectivity index (χ3v) is 5.38. The van der Waals surface area contributed by atoms with E-state index in [1.807, 2.05) is 20.8 Å². The Morgan fingerprint density at radius 2 is 1.78 bits per heavy atom. The van der Waals surface area contributed by atoms with E-state index >= 15 is 0 Å². The van der Waals surface area contributed by atoms with Gasteiger partial charge in [0, 0.05) is 12.3 Å². The first-order chi connectivity index (χ1) is 3.81. The van der Waals surface area contributed by atoms with Gasteiger partial charge < -0.3 is 9.42 Å². The highest BCUT2D eigenvalue weighted by Crippen LogP contribution is 2.54. The maximum atomic E-state index is 9.36. The van der Waals surface area contributed by atoms with Gasteiger partial charge >= 0.3 is 0 Å². The molecule has 0 saturated carbocycles. The van der Waals surface area contributed by atoms with Crippen LogP contribution in [0.2, 0.25) is 0 Å². The van der Waals surface area contributed by atoms with Crippen molar-refractivity contribution in [2.24, 2.45) is 0 Å². The van der Waals surface area contributed by atoms with Gasteiger partial charge in [-0.2, -0.15) is 0 Å². The summed E-state index contributed by atoms with van der Waals surface area (Å²) in [6.07, 6.45) is 0. The lowest BCUT2D eigenvalue weighted by Gasteiger charge is -2.27. The van der Waals surface area contributed by atoms with Crippen LogP contribution in [-0.2, 0) is 16.3 Å². The summed E-state index contributed by atoms with van der Waals surface area (Å²) in [6, 6.07) is 0. The van der Waals surface area contributed by atoms with Crippen LogP contribution in [-0.4, -0.2) is 17.2 Å². The summed E-state index contributed by atoms with van der Waals surface area (Å²) in [5, 5.41) is -0.295. The Morgan fingerprint density at radius 3 is 1.78 bits per heavy atom. The molecule has 0 aliphatic heterocycles. The lowest BCUT2D eigenvalue weighted by atomic mass is 10.3. The van der Waals surface area contributed by atoms with E-state index in [2.05, 4.69) is 0 Å². The van der Waals surface area contributed by atoms with E-state index in [9.17, 15) is 4.89 Å². The maximum absolute atomic E-state index is 9.36. The van der Waals surface area contributed by atoms with Crippen LogP contribution in [0.1, 0.15) is 20.8 Å². The van der Waals surface area contributed by atoms with Crippen molar-refractivity contribution in [3.8, 4) is 0 Å². The van der Waals surface area contributed by atoms with Crippen molar-refractivity contribution in [3.05, 3.63) is 0 Å². The first-order valence-corrected chi connectivity index (χ1v) is 5.37. The molecular weight excluding hydrogens is 155 g/mol. The lowest BCUT2D eigenvalue weighted by molar-refractivity contribution is 0.363. The van der Waals surface area contributed by atoms with Crippen LogP contribution in [0.5, 0.6) is 0 Å². The third kappa shape index (κ3) is 2.34. The molecule has 0 radical (unpaired) electrons. The molecule has 0 heterocycles. The molecule has 0 aromatic carbocycles. The van der Waals surface area contributed by atoms with Crippen LogP contribution in [0, 0.1) is 0 Å². The molecule has 9 heavy (non-hydrogen) atoms. The molecule has 1 unspecified atom stereocenters. The van der Waals surface area contributed by atoms with Gasteiger partial charge in [0.2, 0.25) is 0 Å². The molecule has 0 fully saturated rings. The quantitative estimate of drug-likeness (QED) is 0.605. The zero-order valence-corrected chi connectivity index (χ0v) is 7.92. The molecule has 1 atom stereocenters. The average Bonchev–Trinajstić information content (AvgIpc) is 1.64. The van der Waals surface area contributed by atoms with Crippen molar-refractivity contribution in [1.29, 1.82) is 0 Å². The minimum Gasteiger partial charge on any atom is -0.345 e. The monoisotopic (exact) mass is 168 g/mol. The molecule has 0 saturated heterocycles. The SMILES string of the molecule is COP(O)(=S)C(C)(C)C. The van der Waals surface area contributed by atoms with Gasteiger partial charge in [0.25, 0.3) is 0 Å². The topological polar surface area (TPSA) is 29.5 Å². The fourth-order valence-corrected chi connectivity index (χ4v) is 0.822. The Bertz CT molecular complexity index is 138. The molecule has 4 heteroatoms. The van der Waals surface area contributed by atoms with Gasteiger partial charge in [0.05, 0.1) is 0 Å². The fraction of sp³-hybridized carbons (Fsp3) is 1.00. The molecule has 1 N–H and O–H groups in total. The number of hydrogen-bond acceptors (Lipinski definition) is 2. The van der Waals surface area contributed by atoms with Crippen molar-refractivity contribution in [2.45, 2.75) is 25.9 Å². The van der Waals surface area contributed by atoms with Crippen LogP contribution < -0.4 is 0 Å². The van der Waals surface area contributed by atoms with Crippen LogP contribution in [0.3, 0.4) is 0 Å². The van der Waals surface area contributed by atoms with Gasteiger partial charge in [-0.15, -0.1) is 0 Å². The normalized spacial score (nSPS) is 19.2. The molecule has 0 aliphatic carbocycles. The highest BCUT2D eigenvalue weighted by molar-refractivity contribution is 8.10. The zero-order valence-electron chi connectivity index (χ0n) is 6.21. The fourth-order valence-electron chi connectivity index (χ4n) is 0.274. The highest BCUT2D eigenvalue weighted by Gasteiger charge is 2.29. The molecule has 0 bridgehead atoms. The summed E-state index contributed by atoms with van der Waals surface area (Å²) in [4.78, 5) is 9.36. The average molecular weight is 168 g/mol. The van der Waals surface area contributed by atoms with Gasteiger partial charge in [-0.3, -0.25) is 0 Å². The minimum absolute atomic E-state index is 0.295. The smallest absolute Gasteiger partial charge is 0.191 e. The molecular formula is C5H13O2PS. The molecule has 0 aliphatic rings. The first kappa shape index (κ1) is 9.57. The molecule has 0 amide bonds. The molecule has 0 aromatic rings. The van der Waals surface area contributed by atoms with E-state index in [-0.39, 0.29) is 5.16 Å². The van der Waals surface area contributed by atoms with Gasteiger partial charge in [-0.05, 0) is 11.8 Å². The summed E-state index contributed by atoms with van der Waals surface area (Å²) >= 11 is 4.83. The maximum Gasteiger partial charge on any atom is 0.191 e. The summed E-state index contributed by atoms with van der Waals surface area (Å²) in [7, 11) is 1.45. The summed E-state index contributed by atoms with van der Waals surface area (Å²) < 4.78 is 4.78. The van der Waals surface area contributed by atoms with Crippen LogP contribution in [0.4, 0.5) is 0 Å². The van der Waals surface area contributed by atoms with Crippen LogP contribution in [0.25, 0.3) is 0 Å². The second kappa shape index (κ2) is 2.67. The molecule has 0 aromatic heterocycles. The molecule has 2 nitrogen and oxygen atoms in total. The third-order valence-electron chi connectivity index (χ3n) is 1.10. The Balaban J connectivity index is 4.35. The van der Waals surface area contributed by atoms with Crippen LogP contribution >= 0.6 is 6.49 Å². The predicted octanol–water partition coefficient (Wildman–Crippen LogP) is 1.73. The zero-order chi connectivity index (χ0) is 7.71. The van der Waals surface area contributed by atoms with E-state index in [1.165, 1.54) is 7.11 Å². The second-order valence-corrected chi connectivity index (χ2v) is 7.11. The Morgan fingerprint density at radius 1 is 1.44 bits per heavy atom. The second-order valence-electron chi connectivity index (χ2n) is 2.87. The van der Waals surface area contributed by atoms with E-state index in [0.29, 0.717) is 0 Å². The number of rotatable bonds is 1. The van der Waals surface area contributed by atoms with E-state index in [0.717, 1.165) is 0 Å². The van der Waals surface area contributed by atoms with Crippen molar-refractivity contribution >= 4 is 18.3 Å². The van der Waals surface area contributed by atoms with Crippen molar-refractivity contribution < 1.29 is 9.42 Å². The van der Waals surface area contributed by atoms with Crippen molar-refractivity contribution in [2.75, 3.05) is 7.11 Å². The van der Waals surface area contributed by atoms with Crippen molar-refractivity contribution in [1.82, 2.24) is 0 Å². The Hall–Kier alpha value is 0.570. The predicted molar refractivity (Wildman–Crippen MR) is 43.3 cm³/mol. The van der Waals surface area contributed by atoms with Gasteiger partial charge in [0.15, 0.2) is 6.49 Å². The van der Waals surface area contributed by atoms with Gasteiger partial charge in [-0.25, -0.2) is 0 Å². The number of hydrogen-bond donors (Lipinski definition) is 1. The van der Waals surface area contributed by atoms with Crippen molar-refractivity contribution in [3.63, 3.8) is 0 Å². The first-order valence-electron chi connectivity index (χ1n) is 2.70. The summed E-state index contributed by atoms with van der Waals surface area (Å²) in [6.45, 7) is 3.09. The Kier molecular flexibility index (Phi) is 2.84. The van der Waals surface area contributed by atoms with E-state index < -0.39 is 6.49 Å². The van der Waals surface area contributed by atoms with Crippen LogP contribution in [0.15, 0.2) is 0 Å². The summed E-state index contributed by atoms with van der Waals surface area (Å²) in [5.74, 6) is 0. The molecule has 0 spiro atoms. The van der Waals surface area contributed by atoms with Gasteiger partial charge in [-0.1, -0.05) is 20.8 Å². The Labute approximate surface area is 61.4 Å². The largest absolute Gasteiger partial charge is 0.345 e. The molecule has 0 rings (SSSR count). The standard InChI is InChI=1S/C5H13O2PS/c1-5(2,3)8(6,9)7-4/h1-4H3,(H,6,9). The summed E-state index contributed by atoms with van der Waals surface area (Å²) in [5.41, 5.74) is 0. The highest BCUT2D eigenvalue weighted by atomic mass is 32.5. The van der Waals surface area contributed by atoms with Gasteiger partial charge in [0.1, 0.15) is 0 Å².